The lowest BCUT2D eigenvalue weighted by Gasteiger charge is -2.48. The van der Waals surface area contributed by atoms with Crippen LogP contribution in [0.1, 0.15) is 36.1 Å². The van der Waals surface area contributed by atoms with Crippen LogP contribution in [0.3, 0.4) is 0 Å². The number of hydrogen-bond acceptors (Lipinski definition) is 4. The minimum atomic E-state index is -0.661. The summed E-state index contributed by atoms with van der Waals surface area (Å²) < 4.78 is 6.08. The average Bonchev–Trinajstić information content (AvgIpc) is 2.90. The predicted molar refractivity (Wildman–Crippen MR) is 96.7 cm³/mol. The normalized spacial score (nSPS) is 27.4. The van der Waals surface area contributed by atoms with Crippen molar-refractivity contribution in [1.82, 2.24) is 10.2 Å². The number of furan rings is 1. The fourth-order valence-electron chi connectivity index (χ4n) is 4.60. The first-order valence-corrected chi connectivity index (χ1v) is 9.17. The second-order valence-electron chi connectivity index (χ2n) is 7.72. The molecule has 5 nitrogen and oxygen atoms in total. The van der Waals surface area contributed by atoms with Gasteiger partial charge in [-0.15, -0.1) is 0 Å². The number of carbonyl (C=O) groups is 1. The molecule has 0 unspecified atom stereocenters. The van der Waals surface area contributed by atoms with Crippen LogP contribution in [-0.2, 0) is 11.3 Å². The van der Waals surface area contributed by atoms with Gasteiger partial charge < -0.3 is 14.8 Å². The zero-order valence-corrected chi connectivity index (χ0v) is 15.0. The molecule has 0 radical (unpaired) electrons. The zero-order chi connectivity index (χ0) is 17.6. The summed E-state index contributed by atoms with van der Waals surface area (Å²) in [7, 11) is 0. The van der Waals surface area contributed by atoms with Crippen LogP contribution < -0.4 is 5.32 Å². The van der Waals surface area contributed by atoms with Crippen molar-refractivity contribution < 1.29 is 14.3 Å². The van der Waals surface area contributed by atoms with Gasteiger partial charge in [0.2, 0.25) is 0 Å². The van der Waals surface area contributed by atoms with Gasteiger partial charge in [0, 0.05) is 24.5 Å². The molecule has 2 aromatic rings. The van der Waals surface area contributed by atoms with Gasteiger partial charge in [0.05, 0.1) is 12.0 Å². The van der Waals surface area contributed by atoms with Gasteiger partial charge in [0.1, 0.15) is 11.3 Å². The molecule has 2 atom stereocenters. The van der Waals surface area contributed by atoms with E-state index in [-0.39, 0.29) is 6.04 Å². The number of hydrogen-bond donors (Lipinski definition) is 2. The van der Waals surface area contributed by atoms with Crippen molar-refractivity contribution in [1.29, 1.82) is 0 Å². The van der Waals surface area contributed by atoms with E-state index in [9.17, 15) is 9.90 Å². The Labute approximate surface area is 148 Å². The molecule has 0 aliphatic carbocycles. The lowest BCUT2D eigenvalue weighted by Crippen LogP contribution is -2.62. The minimum absolute atomic E-state index is 0.0921. The van der Waals surface area contributed by atoms with E-state index < -0.39 is 11.4 Å². The Morgan fingerprint density at radius 3 is 3.08 bits per heavy atom. The summed E-state index contributed by atoms with van der Waals surface area (Å²) in [6, 6.07) is 6.34. The van der Waals surface area contributed by atoms with Crippen LogP contribution in [0.25, 0.3) is 11.0 Å². The van der Waals surface area contributed by atoms with Crippen LogP contribution in [0.4, 0.5) is 0 Å². The molecule has 3 heterocycles. The summed E-state index contributed by atoms with van der Waals surface area (Å²) in [5.74, 6) is 0.301. The molecule has 4 rings (SSSR count). The smallest absolute Gasteiger partial charge is 0.312 e. The lowest BCUT2D eigenvalue weighted by molar-refractivity contribution is -0.157. The number of carboxylic acids is 1. The van der Waals surface area contributed by atoms with Gasteiger partial charge in [-0.25, -0.2) is 0 Å². The topological polar surface area (TPSA) is 65.7 Å². The molecule has 2 aliphatic rings. The molecule has 1 aromatic carbocycles. The maximum Gasteiger partial charge on any atom is 0.312 e. The van der Waals surface area contributed by atoms with Crippen molar-refractivity contribution in [2.45, 2.75) is 45.7 Å². The first-order chi connectivity index (χ1) is 12.0. The molecule has 2 aliphatic heterocycles. The monoisotopic (exact) mass is 342 g/mol. The first-order valence-electron chi connectivity index (χ1n) is 9.17. The van der Waals surface area contributed by atoms with Gasteiger partial charge in [-0.1, -0.05) is 11.6 Å². The Balaban J connectivity index is 1.59. The number of likely N-dealkylation sites (tertiary alicyclic amines) is 1. The van der Waals surface area contributed by atoms with Gasteiger partial charge >= 0.3 is 5.97 Å². The van der Waals surface area contributed by atoms with E-state index in [4.69, 9.17) is 4.42 Å². The first kappa shape index (κ1) is 16.6. The molecule has 0 amide bonds. The van der Waals surface area contributed by atoms with Crippen molar-refractivity contribution in [2.75, 3.05) is 19.6 Å². The molecule has 1 aromatic heterocycles. The molecule has 0 spiro atoms. The number of benzene rings is 1. The predicted octanol–water partition coefficient (Wildman–Crippen LogP) is 3.08. The van der Waals surface area contributed by atoms with Crippen molar-refractivity contribution in [3.63, 3.8) is 0 Å². The second kappa shape index (κ2) is 6.15. The maximum absolute atomic E-state index is 12.1. The highest BCUT2D eigenvalue weighted by Crippen LogP contribution is 2.39. The molecular formula is C20H26N2O3. The Morgan fingerprint density at radius 2 is 2.28 bits per heavy atom. The van der Waals surface area contributed by atoms with E-state index in [1.54, 1.807) is 0 Å². The molecule has 2 fully saturated rings. The number of nitrogens with zero attached hydrogens (tertiary/aromatic N) is 1. The quantitative estimate of drug-likeness (QED) is 0.897. The van der Waals surface area contributed by atoms with Crippen LogP contribution in [0.5, 0.6) is 0 Å². The molecule has 0 saturated carbocycles. The average molecular weight is 342 g/mol. The van der Waals surface area contributed by atoms with E-state index >= 15 is 0 Å². The van der Waals surface area contributed by atoms with Crippen LogP contribution in [-0.4, -0.2) is 41.7 Å². The number of carboxylic acid groups (broad SMARTS) is 1. The van der Waals surface area contributed by atoms with Crippen LogP contribution in [0.2, 0.25) is 0 Å². The van der Waals surface area contributed by atoms with E-state index in [0.29, 0.717) is 13.1 Å². The third kappa shape index (κ3) is 2.75. The Morgan fingerprint density at radius 1 is 1.44 bits per heavy atom. The van der Waals surface area contributed by atoms with Crippen molar-refractivity contribution in [2.24, 2.45) is 5.41 Å². The third-order valence-corrected chi connectivity index (χ3v) is 6.08. The van der Waals surface area contributed by atoms with Crippen molar-refractivity contribution >= 4 is 16.9 Å². The molecule has 2 N–H and O–H groups in total. The van der Waals surface area contributed by atoms with E-state index in [1.165, 1.54) is 11.1 Å². The third-order valence-electron chi connectivity index (χ3n) is 6.08. The van der Waals surface area contributed by atoms with E-state index in [1.807, 2.05) is 6.07 Å². The summed E-state index contributed by atoms with van der Waals surface area (Å²) in [4.78, 5) is 14.3. The van der Waals surface area contributed by atoms with E-state index in [0.717, 1.165) is 49.1 Å². The van der Waals surface area contributed by atoms with E-state index in [2.05, 4.69) is 36.2 Å². The van der Waals surface area contributed by atoms with Crippen LogP contribution >= 0.6 is 0 Å². The van der Waals surface area contributed by atoms with Gasteiger partial charge in [0.25, 0.3) is 0 Å². The molecule has 25 heavy (non-hydrogen) atoms. The summed E-state index contributed by atoms with van der Waals surface area (Å²) in [6.45, 7) is 7.30. The Kier molecular flexibility index (Phi) is 4.08. The summed E-state index contributed by atoms with van der Waals surface area (Å²) >= 11 is 0. The van der Waals surface area contributed by atoms with Gasteiger partial charge in [-0.05, 0) is 57.4 Å². The van der Waals surface area contributed by atoms with Gasteiger partial charge in [-0.2, -0.15) is 0 Å². The summed E-state index contributed by atoms with van der Waals surface area (Å²) in [5.41, 5.74) is 2.65. The Bertz CT molecular complexity index is 813. The molecule has 2 saturated heterocycles. The second-order valence-corrected chi connectivity index (χ2v) is 7.72. The highest BCUT2D eigenvalue weighted by molar-refractivity contribution is 5.82. The fourth-order valence-corrected chi connectivity index (χ4v) is 4.60. The number of piperidine rings is 2. The van der Waals surface area contributed by atoms with Gasteiger partial charge in [-0.3, -0.25) is 9.69 Å². The standard InChI is InChI=1S/C20H26N2O3/c1-13-4-5-16-15(10-13)14(2)17(25-16)11-22-9-6-18-20(12-22,19(23)24)7-3-8-21-18/h4-5,10,18,21H,3,6-9,11-12H2,1-2H3,(H,23,24)/t18-,20+/m0/s1. The van der Waals surface area contributed by atoms with Crippen molar-refractivity contribution in [3.05, 3.63) is 35.1 Å². The molecule has 0 bridgehead atoms. The lowest BCUT2D eigenvalue weighted by atomic mass is 9.70. The number of aryl methyl sites for hydroxylation is 2. The largest absolute Gasteiger partial charge is 0.481 e. The molecule has 134 valence electrons. The van der Waals surface area contributed by atoms with Crippen LogP contribution in [0, 0.1) is 19.3 Å². The highest BCUT2D eigenvalue weighted by atomic mass is 16.4. The zero-order valence-electron chi connectivity index (χ0n) is 15.0. The molecular weight excluding hydrogens is 316 g/mol. The Hall–Kier alpha value is -1.85. The number of aliphatic carboxylic acids is 1. The minimum Gasteiger partial charge on any atom is -0.481 e. The van der Waals surface area contributed by atoms with Crippen molar-refractivity contribution in [3.8, 4) is 0 Å². The fraction of sp³-hybridized carbons (Fsp3) is 0.550. The number of rotatable bonds is 3. The SMILES string of the molecule is Cc1ccc2oc(CN3CC[C@@H]4NCCC[C@@]4(C(=O)O)C3)c(C)c2c1. The number of nitrogens with one attached hydrogen (secondary N) is 1. The highest BCUT2D eigenvalue weighted by Gasteiger charge is 2.50. The summed E-state index contributed by atoms with van der Waals surface area (Å²) in [5, 5.41) is 14.5. The summed E-state index contributed by atoms with van der Waals surface area (Å²) in [6.07, 6.45) is 2.57. The molecule has 5 heteroatoms. The maximum atomic E-state index is 12.1. The van der Waals surface area contributed by atoms with Gasteiger partial charge in [0.15, 0.2) is 0 Å². The number of fused-ring (bicyclic) bond motifs is 2. The van der Waals surface area contributed by atoms with Crippen LogP contribution in [0.15, 0.2) is 22.6 Å².